The van der Waals surface area contributed by atoms with E-state index in [0.29, 0.717) is 29.0 Å². The number of nitrogens with zero attached hydrogens (tertiary/aromatic N) is 2. The van der Waals surface area contributed by atoms with Crippen LogP contribution in [0.5, 0.6) is 0 Å². The van der Waals surface area contributed by atoms with Crippen LogP contribution in [-0.4, -0.2) is 21.9 Å². The van der Waals surface area contributed by atoms with Crippen LogP contribution in [0, 0.1) is 0 Å². The third kappa shape index (κ3) is 2.56. The van der Waals surface area contributed by atoms with Crippen LogP contribution >= 0.6 is 11.3 Å². The average molecular weight is 340 g/mol. The van der Waals surface area contributed by atoms with Crippen LogP contribution in [0.2, 0.25) is 0 Å². The SMILES string of the molecule is CC1CC(=O)Nc2ccccc2N1Cc1nc2ccsc2c(=O)[nH]1. The van der Waals surface area contributed by atoms with Gasteiger partial charge in [-0.3, -0.25) is 9.59 Å². The zero-order chi connectivity index (χ0) is 16.7. The van der Waals surface area contributed by atoms with Gasteiger partial charge in [0.1, 0.15) is 10.5 Å². The number of amides is 1. The highest BCUT2D eigenvalue weighted by Gasteiger charge is 2.25. The molecule has 0 saturated heterocycles. The number of para-hydroxylation sites is 2. The zero-order valence-electron chi connectivity index (χ0n) is 13.1. The highest BCUT2D eigenvalue weighted by molar-refractivity contribution is 7.17. The second-order valence-electron chi connectivity index (χ2n) is 5.89. The van der Waals surface area contributed by atoms with Crippen molar-refractivity contribution in [2.24, 2.45) is 0 Å². The summed E-state index contributed by atoms with van der Waals surface area (Å²) in [5, 5.41) is 4.80. The van der Waals surface area contributed by atoms with E-state index < -0.39 is 0 Å². The number of benzene rings is 1. The summed E-state index contributed by atoms with van der Waals surface area (Å²) in [5.74, 6) is 0.592. The van der Waals surface area contributed by atoms with Gasteiger partial charge in [-0.25, -0.2) is 4.98 Å². The normalized spacial score (nSPS) is 17.5. The van der Waals surface area contributed by atoms with E-state index in [0.717, 1.165) is 11.4 Å². The smallest absolute Gasteiger partial charge is 0.268 e. The number of thiophene rings is 1. The van der Waals surface area contributed by atoms with E-state index in [9.17, 15) is 9.59 Å². The molecule has 3 aromatic rings. The molecule has 6 nitrogen and oxygen atoms in total. The van der Waals surface area contributed by atoms with Gasteiger partial charge in [0.15, 0.2) is 0 Å². The Balaban J connectivity index is 1.76. The molecule has 1 aromatic carbocycles. The monoisotopic (exact) mass is 340 g/mol. The Hall–Kier alpha value is -2.67. The molecule has 0 radical (unpaired) electrons. The Morgan fingerprint density at radius 3 is 3.00 bits per heavy atom. The number of carbonyl (C=O) groups is 1. The van der Waals surface area contributed by atoms with Gasteiger partial charge in [0, 0.05) is 12.5 Å². The van der Waals surface area contributed by atoms with Crippen LogP contribution in [0.1, 0.15) is 19.2 Å². The van der Waals surface area contributed by atoms with Crippen LogP contribution in [0.3, 0.4) is 0 Å². The minimum Gasteiger partial charge on any atom is -0.359 e. The minimum absolute atomic E-state index is 0.00266. The number of H-pyrrole nitrogens is 1. The lowest BCUT2D eigenvalue weighted by molar-refractivity contribution is -0.116. The van der Waals surface area contributed by atoms with Crippen molar-refractivity contribution >= 4 is 38.8 Å². The van der Waals surface area contributed by atoms with Crippen molar-refractivity contribution in [1.82, 2.24) is 9.97 Å². The van der Waals surface area contributed by atoms with Crippen molar-refractivity contribution < 1.29 is 4.79 Å². The minimum atomic E-state index is -0.116. The van der Waals surface area contributed by atoms with E-state index in [2.05, 4.69) is 20.2 Å². The predicted molar refractivity (Wildman–Crippen MR) is 95.6 cm³/mol. The van der Waals surface area contributed by atoms with Crippen LogP contribution in [0.4, 0.5) is 11.4 Å². The topological polar surface area (TPSA) is 78.1 Å². The molecule has 2 N–H and O–H groups in total. The first-order valence-electron chi connectivity index (χ1n) is 7.74. The molecule has 3 heterocycles. The summed E-state index contributed by atoms with van der Waals surface area (Å²) in [6.07, 6.45) is 0.388. The van der Waals surface area contributed by atoms with Crippen LogP contribution < -0.4 is 15.8 Å². The lowest BCUT2D eigenvalue weighted by Crippen LogP contribution is -2.34. The van der Waals surface area contributed by atoms with Crippen LogP contribution in [0.15, 0.2) is 40.5 Å². The van der Waals surface area contributed by atoms with Crippen molar-refractivity contribution in [3.8, 4) is 0 Å². The lowest BCUT2D eigenvalue weighted by atomic mass is 10.1. The summed E-state index contributed by atoms with van der Waals surface area (Å²) in [7, 11) is 0. The Bertz CT molecular complexity index is 978. The number of hydrogen-bond acceptors (Lipinski definition) is 5. The van der Waals surface area contributed by atoms with Crippen molar-refractivity contribution in [3.63, 3.8) is 0 Å². The summed E-state index contributed by atoms with van der Waals surface area (Å²) in [6.45, 7) is 2.44. The molecule has 1 atom stereocenters. The van der Waals surface area contributed by atoms with Gasteiger partial charge in [0.2, 0.25) is 5.91 Å². The Morgan fingerprint density at radius 1 is 1.29 bits per heavy atom. The number of aromatic amines is 1. The highest BCUT2D eigenvalue weighted by atomic mass is 32.1. The molecule has 0 bridgehead atoms. The van der Waals surface area contributed by atoms with Gasteiger partial charge >= 0.3 is 0 Å². The van der Waals surface area contributed by atoms with Gasteiger partial charge in [-0.05, 0) is 30.5 Å². The first-order valence-corrected chi connectivity index (χ1v) is 8.62. The Labute approximate surface area is 142 Å². The third-order valence-corrected chi connectivity index (χ3v) is 5.09. The Kier molecular flexibility index (Phi) is 3.57. The summed E-state index contributed by atoms with van der Waals surface area (Å²) in [5.41, 5.74) is 2.31. The Morgan fingerprint density at radius 2 is 2.12 bits per heavy atom. The fraction of sp³-hybridized carbons (Fsp3) is 0.235. The van der Waals surface area contributed by atoms with Gasteiger partial charge < -0.3 is 15.2 Å². The average Bonchev–Trinajstić information content (AvgIpc) is 2.98. The molecule has 1 aliphatic rings. The standard InChI is InChI=1S/C17H16N4O2S/c1-10-8-15(22)19-11-4-2-3-5-13(11)21(10)9-14-18-12-6-7-24-16(12)17(23)20-14/h2-7,10H,8-9H2,1H3,(H,19,22)(H,18,20,23). The third-order valence-electron chi connectivity index (χ3n) is 4.18. The van der Waals surface area contributed by atoms with Gasteiger partial charge in [-0.2, -0.15) is 0 Å². The van der Waals surface area contributed by atoms with E-state index in [1.165, 1.54) is 11.3 Å². The molecule has 1 unspecified atom stereocenters. The first-order chi connectivity index (χ1) is 11.6. The maximum absolute atomic E-state index is 12.2. The molecule has 1 amide bonds. The molecule has 122 valence electrons. The fourth-order valence-corrected chi connectivity index (χ4v) is 3.77. The predicted octanol–water partition coefficient (Wildman–Crippen LogP) is 2.72. The second kappa shape index (κ2) is 5.76. The number of carbonyl (C=O) groups excluding carboxylic acids is 1. The van der Waals surface area contributed by atoms with Crippen LogP contribution in [0.25, 0.3) is 10.2 Å². The van der Waals surface area contributed by atoms with Crippen molar-refractivity contribution in [3.05, 3.63) is 51.9 Å². The van der Waals surface area contributed by atoms with E-state index in [1.54, 1.807) is 0 Å². The van der Waals surface area contributed by atoms with Gasteiger partial charge in [0.25, 0.3) is 5.56 Å². The highest BCUT2D eigenvalue weighted by Crippen LogP contribution is 2.32. The molecule has 0 fully saturated rings. The van der Waals surface area contributed by atoms with Crippen molar-refractivity contribution in [2.75, 3.05) is 10.2 Å². The fourth-order valence-electron chi connectivity index (χ4n) is 3.05. The summed E-state index contributed by atoms with van der Waals surface area (Å²) in [4.78, 5) is 33.7. The maximum atomic E-state index is 12.2. The summed E-state index contributed by atoms with van der Waals surface area (Å²) >= 11 is 1.39. The van der Waals surface area contributed by atoms with E-state index in [1.807, 2.05) is 42.6 Å². The summed E-state index contributed by atoms with van der Waals surface area (Å²) in [6, 6.07) is 9.54. The zero-order valence-corrected chi connectivity index (χ0v) is 13.9. The largest absolute Gasteiger partial charge is 0.359 e. The molecule has 0 aliphatic carbocycles. The molecule has 0 spiro atoms. The molecule has 7 heteroatoms. The number of rotatable bonds is 2. The lowest BCUT2D eigenvalue weighted by Gasteiger charge is -2.29. The molecule has 2 aromatic heterocycles. The van der Waals surface area contributed by atoms with Crippen molar-refractivity contribution in [2.45, 2.75) is 25.9 Å². The summed E-state index contributed by atoms with van der Waals surface area (Å²) < 4.78 is 0.639. The van der Waals surface area contributed by atoms with E-state index in [-0.39, 0.29) is 17.5 Å². The van der Waals surface area contributed by atoms with Crippen molar-refractivity contribution in [1.29, 1.82) is 0 Å². The number of anilines is 2. The second-order valence-corrected chi connectivity index (χ2v) is 6.81. The molecular weight excluding hydrogens is 324 g/mol. The first kappa shape index (κ1) is 14.9. The van der Waals surface area contributed by atoms with Gasteiger partial charge in [0.05, 0.1) is 23.4 Å². The van der Waals surface area contributed by atoms with Crippen LogP contribution in [-0.2, 0) is 11.3 Å². The van der Waals surface area contributed by atoms with E-state index in [4.69, 9.17) is 0 Å². The molecule has 1 aliphatic heterocycles. The van der Waals surface area contributed by atoms with Gasteiger partial charge in [-0.15, -0.1) is 11.3 Å². The molecule has 4 rings (SSSR count). The molecule has 24 heavy (non-hydrogen) atoms. The molecular formula is C17H16N4O2S. The maximum Gasteiger partial charge on any atom is 0.268 e. The number of fused-ring (bicyclic) bond motifs is 2. The quantitative estimate of drug-likeness (QED) is 0.752. The number of aromatic nitrogens is 2. The number of nitrogens with one attached hydrogen (secondary N) is 2. The molecule has 0 saturated carbocycles. The van der Waals surface area contributed by atoms with E-state index >= 15 is 0 Å². The van der Waals surface area contributed by atoms with Gasteiger partial charge in [-0.1, -0.05) is 12.1 Å². The number of hydrogen-bond donors (Lipinski definition) is 2.